The monoisotopic (exact) mass is 405 g/mol. The zero-order chi connectivity index (χ0) is 21.1. The third-order valence-electron chi connectivity index (χ3n) is 5.18. The lowest BCUT2D eigenvalue weighted by molar-refractivity contribution is -0.130. The van der Waals surface area contributed by atoms with Gasteiger partial charge in [-0.15, -0.1) is 0 Å². The number of anilines is 1. The Labute approximate surface area is 174 Å². The highest BCUT2D eigenvalue weighted by Gasteiger charge is 2.27. The number of carbonyl (C=O) groups excluding carboxylic acids is 3. The molecule has 1 aliphatic rings. The molecule has 0 atom stereocenters. The number of hydrogen-bond donors (Lipinski definition) is 1. The highest BCUT2D eigenvalue weighted by atomic mass is 16.5. The summed E-state index contributed by atoms with van der Waals surface area (Å²) in [4.78, 5) is 39.7. The molecular formula is C23H23N3O4. The van der Waals surface area contributed by atoms with Crippen LogP contribution in [-0.4, -0.2) is 53.4 Å². The Bertz CT molecular complexity index is 1100. The van der Waals surface area contributed by atoms with Crippen LogP contribution >= 0.6 is 0 Å². The fraction of sp³-hybridized carbons (Fsp3) is 0.261. The predicted octanol–water partition coefficient (Wildman–Crippen LogP) is 2.63. The van der Waals surface area contributed by atoms with Gasteiger partial charge in [-0.25, -0.2) is 0 Å². The number of aryl methyl sites for hydroxylation is 1. The van der Waals surface area contributed by atoms with Gasteiger partial charge in [0.25, 0.3) is 11.7 Å². The van der Waals surface area contributed by atoms with Crippen LogP contribution in [0.5, 0.6) is 0 Å². The van der Waals surface area contributed by atoms with Crippen molar-refractivity contribution in [3.05, 3.63) is 65.9 Å². The van der Waals surface area contributed by atoms with E-state index in [1.807, 2.05) is 49.4 Å². The van der Waals surface area contributed by atoms with Gasteiger partial charge in [-0.3, -0.25) is 14.4 Å². The molecule has 2 aromatic carbocycles. The van der Waals surface area contributed by atoms with E-state index in [0.717, 1.165) is 11.1 Å². The number of ether oxygens (including phenoxy) is 1. The maximum Gasteiger partial charge on any atom is 0.295 e. The summed E-state index contributed by atoms with van der Waals surface area (Å²) in [5, 5.41) is 3.52. The Morgan fingerprint density at radius 3 is 2.43 bits per heavy atom. The number of Topliss-reactive ketones (excluding diaryl/α,β-unsaturated/α-hetero) is 1. The zero-order valence-corrected chi connectivity index (χ0v) is 16.8. The number of carbonyl (C=O) groups is 3. The number of ketones is 1. The largest absolute Gasteiger partial charge is 0.378 e. The molecule has 4 rings (SSSR count). The lowest BCUT2D eigenvalue weighted by Gasteiger charge is -2.25. The van der Waals surface area contributed by atoms with Crippen molar-refractivity contribution in [2.24, 2.45) is 0 Å². The first kappa shape index (κ1) is 19.8. The number of benzene rings is 2. The first-order chi connectivity index (χ1) is 14.5. The van der Waals surface area contributed by atoms with Crippen molar-refractivity contribution in [2.45, 2.75) is 13.5 Å². The summed E-state index contributed by atoms with van der Waals surface area (Å²) in [5.74, 6) is -1.31. The summed E-state index contributed by atoms with van der Waals surface area (Å²) in [6.45, 7) is 3.69. The molecule has 2 amide bonds. The van der Waals surface area contributed by atoms with Crippen LogP contribution in [0.4, 0.5) is 5.69 Å². The maximum atomic E-state index is 12.9. The molecule has 1 aliphatic heterocycles. The normalized spacial score (nSPS) is 14.0. The van der Waals surface area contributed by atoms with E-state index in [9.17, 15) is 14.4 Å². The summed E-state index contributed by atoms with van der Waals surface area (Å²) in [5.41, 5.74) is 2.86. The van der Waals surface area contributed by atoms with Crippen molar-refractivity contribution in [1.29, 1.82) is 0 Å². The summed E-state index contributed by atoms with van der Waals surface area (Å²) in [6.07, 6.45) is 1.60. The smallest absolute Gasteiger partial charge is 0.295 e. The minimum atomic E-state index is -0.564. The van der Waals surface area contributed by atoms with Gasteiger partial charge in [-0.1, -0.05) is 35.9 Å². The first-order valence-electron chi connectivity index (χ1n) is 9.88. The number of hydrogen-bond acceptors (Lipinski definition) is 4. The summed E-state index contributed by atoms with van der Waals surface area (Å²) in [7, 11) is 0. The Morgan fingerprint density at radius 1 is 1.00 bits per heavy atom. The summed E-state index contributed by atoms with van der Waals surface area (Å²) < 4.78 is 6.96. The average Bonchev–Trinajstić information content (AvgIpc) is 3.13. The van der Waals surface area contributed by atoms with Gasteiger partial charge >= 0.3 is 0 Å². The lowest BCUT2D eigenvalue weighted by atomic mass is 10.1. The van der Waals surface area contributed by atoms with E-state index in [2.05, 4.69) is 5.32 Å². The van der Waals surface area contributed by atoms with Gasteiger partial charge in [0.2, 0.25) is 5.91 Å². The molecule has 1 N–H and O–H groups in total. The Balaban J connectivity index is 1.57. The number of nitrogens with one attached hydrogen (secondary N) is 1. The van der Waals surface area contributed by atoms with Crippen molar-refractivity contribution in [3.8, 4) is 0 Å². The third kappa shape index (κ3) is 4.11. The summed E-state index contributed by atoms with van der Waals surface area (Å²) in [6, 6.07) is 14.8. The zero-order valence-electron chi connectivity index (χ0n) is 16.8. The molecule has 0 saturated carbocycles. The molecule has 154 valence electrons. The minimum absolute atomic E-state index is 0.0351. The van der Waals surface area contributed by atoms with Gasteiger partial charge in [0.15, 0.2) is 0 Å². The van der Waals surface area contributed by atoms with Gasteiger partial charge < -0.3 is 19.5 Å². The van der Waals surface area contributed by atoms with Crippen molar-refractivity contribution in [2.75, 3.05) is 31.6 Å². The maximum absolute atomic E-state index is 12.9. The molecule has 1 fully saturated rings. The van der Waals surface area contributed by atoms with Gasteiger partial charge in [0, 0.05) is 35.9 Å². The molecule has 0 aliphatic carbocycles. The molecular weight excluding hydrogens is 382 g/mol. The van der Waals surface area contributed by atoms with Gasteiger partial charge in [0.1, 0.15) is 6.54 Å². The standard InChI is InChI=1S/C23H23N3O4/c1-16-6-8-17(9-7-16)24-21(27)15-26-14-19(18-4-2-3-5-20(18)26)22(28)23(29)25-10-12-30-13-11-25/h2-9,14H,10-13,15H2,1H3,(H,24,27). The van der Waals surface area contributed by atoms with E-state index in [1.165, 1.54) is 4.90 Å². The molecule has 1 aromatic heterocycles. The van der Waals surface area contributed by atoms with Crippen LogP contribution < -0.4 is 5.32 Å². The molecule has 1 saturated heterocycles. The van der Waals surface area contributed by atoms with Crippen molar-refractivity contribution in [3.63, 3.8) is 0 Å². The van der Waals surface area contributed by atoms with Crippen LogP contribution in [0.3, 0.4) is 0 Å². The minimum Gasteiger partial charge on any atom is -0.378 e. The van der Waals surface area contributed by atoms with E-state index in [-0.39, 0.29) is 12.5 Å². The summed E-state index contributed by atoms with van der Waals surface area (Å²) >= 11 is 0. The highest BCUT2D eigenvalue weighted by Crippen LogP contribution is 2.23. The van der Waals surface area contributed by atoms with Crippen LogP contribution in [0.15, 0.2) is 54.7 Å². The lowest BCUT2D eigenvalue weighted by Crippen LogP contribution is -2.44. The first-order valence-corrected chi connectivity index (χ1v) is 9.88. The Morgan fingerprint density at radius 2 is 1.70 bits per heavy atom. The molecule has 2 heterocycles. The van der Waals surface area contributed by atoms with E-state index in [1.54, 1.807) is 16.8 Å². The van der Waals surface area contributed by atoms with E-state index in [4.69, 9.17) is 4.74 Å². The van der Waals surface area contributed by atoms with Crippen LogP contribution in [0.25, 0.3) is 10.9 Å². The van der Waals surface area contributed by atoms with Gasteiger partial charge in [0.05, 0.1) is 18.8 Å². The van der Waals surface area contributed by atoms with E-state index >= 15 is 0 Å². The molecule has 30 heavy (non-hydrogen) atoms. The predicted molar refractivity (Wildman–Crippen MR) is 113 cm³/mol. The van der Waals surface area contributed by atoms with Crippen molar-refractivity contribution >= 4 is 34.2 Å². The molecule has 0 radical (unpaired) electrons. The van der Waals surface area contributed by atoms with Crippen LogP contribution in [0.2, 0.25) is 0 Å². The van der Waals surface area contributed by atoms with Crippen LogP contribution in [-0.2, 0) is 20.9 Å². The Kier molecular flexibility index (Phi) is 5.63. The molecule has 7 nitrogen and oxygen atoms in total. The topological polar surface area (TPSA) is 80.6 Å². The number of amides is 2. The highest BCUT2D eigenvalue weighted by molar-refractivity contribution is 6.44. The van der Waals surface area contributed by atoms with Crippen LogP contribution in [0.1, 0.15) is 15.9 Å². The second-order valence-corrected chi connectivity index (χ2v) is 7.34. The number of nitrogens with zero attached hydrogens (tertiary/aromatic N) is 2. The molecule has 0 unspecified atom stereocenters. The molecule has 0 bridgehead atoms. The number of para-hydroxylation sites is 1. The molecule has 7 heteroatoms. The fourth-order valence-electron chi connectivity index (χ4n) is 3.58. The van der Waals surface area contributed by atoms with Crippen molar-refractivity contribution in [1.82, 2.24) is 9.47 Å². The van der Waals surface area contributed by atoms with Gasteiger partial charge in [-0.05, 0) is 25.1 Å². The molecule has 3 aromatic rings. The Hall–Kier alpha value is -3.45. The van der Waals surface area contributed by atoms with E-state index < -0.39 is 11.7 Å². The van der Waals surface area contributed by atoms with E-state index in [0.29, 0.717) is 42.9 Å². The number of aromatic nitrogens is 1. The quantitative estimate of drug-likeness (QED) is 0.523. The number of morpholine rings is 1. The molecule has 0 spiro atoms. The van der Waals surface area contributed by atoms with Gasteiger partial charge in [-0.2, -0.15) is 0 Å². The average molecular weight is 405 g/mol. The SMILES string of the molecule is Cc1ccc(NC(=O)Cn2cc(C(=O)C(=O)N3CCOCC3)c3ccccc32)cc1. The fourth-order valence-corrected chi connectivity index (χ4v) is 3.58. The second kappa shape index (κ2) is 8.51. The van der Waals surface area contributed by atoms with Crippen molar-refractivity contribution < 1.29 is 19.1 Å². The number of fused-ring (bicyclic) bond motifs is 1. The second-order valence-electron chi connectivity index (χ2n) is 7.34. The third-order valence-corrected chi connectivity index (χ3v) is 5.18. The van der Waals surface area contributed by atoms with Crippen LogP contribution in [0, 0.1) is 6.92 Å². The number of rotatable bonds is 5.